The summed E-state index contributed by atoms with van der Waals surface area (Å²) in [6.45, 7) is 0. The Bertz CT molecular complexity index is 1110. The first-order valence-electron chi connectivity index (χ1n) is 11.0. The Morgan fingerprint density at radius 3 is 2.28 bits per heavy atom. The standard InChI is InChI=1S/C26H26NO.Ir/c28-24-25(13-5-1-6-14-25)21-17-27-23-19-10-4-3-9-18(19)11-12-20(23)22(21)26(24)15-7-2-8-16-26;/h3-4,9,11-12,17H,1-2,5-8,13-16H2;/q-1;. The van der Waals surface area contributed by atoms with Crippen LogP contribution in [-0.4, -0.2) is 10.8 Å². The second-order valence-corrected chi connectivity index (χ2v) is 9.26. The van der Waals surface area contributed by atoms with Gasteiger partial charge in [-0.2, -0.15) is 0 Å². The normalized spacial score (nSPS) is 22.1. The molecule has 0 amide bonds. The maximum atomic E-state index is 14.2. The van der Waals surface area contributed by atoms with Gasteiger partial charge >= 0.3 is 0 Å². The van der Waals surface area contributed by atoms with E-state index in [1.54, 1.807) is 0 Å². The summed E-state index contributed by atoms with van der Waals surface area (Å²) in [5, 5.41) is 3.48. The summed E-state index contributed by atoms with van der Waals surface area (Å²) in [7, 11) is 0. The summed E-state index contributed by atoms with van der Waals surface area (Å²) in [5.74, 6) is 0.542. The van der Waals surface area contributed by atoms with Gasteiger partial charge in [0.2, 0.25) is 0 Å². The second kappa shape index (κ2) is 6.99. The molecule has 0 aliphatic heterocycles. The first-order chi connectivity index (χ1) is 13.8. The van der Waals surface area contributed by atoms with Crippen LogP contribution in [0.25, 0.3) is 21.7 Å². The maximum absolute atomic E-state index is 14.2. The molecule has 2 aromatic carbocycles. The first kappa shape index (κ1) is 19.4. The molecule has 6 rings (SSSR count). The van der Waals surface area contributed by atoms with Crippen molar-refractivity contribution >= 4 is 27.5 Å². The van der Waals surface area contributed by atoms with Crippen LogP contribution in [-0.2, 0) is 35.7 Å². The number of pyridine rings is 1. The minimum Gasteiger partial charge on any atom is -0.304 e. The number of hydrogen-bond donors (Lipinski definition) is 0. The van der Waals surface area contributed by atoms with Gasteiger partial charge < -0.3 is 4.98 Å². The molecule has 29 heavy (non-hydrogen) atoms. The molecule has 0 unspecified atom stereocenters. The number of fused-ring (bicyclic) bond motifs is 7. The maximum Gasteiger partial charge on any atom is 0.153 e. The van der Waals surface area contributed by atoms with Crippen molar-refractivity contribution < 1.29 is 24.9 Å². The molecule has 0 N–H and O–H groups in total. The third-order valence-electron chi connectivity index (χ3n) is 7.95. The zero-order valence-electron chi connectivity index (χ0n) is 16.7. The molecule has 3 aromatic rings. The number of hydrogen-bond acceptors (Lipinski definition) is 2. The Labute approximate surface area is 185 Å². The third kappa shape index (κ3) is 2.50. The molecular formula is C26H26IrNO-. The Morgan fingerprint density at radius 1 is 0.862 bits per heavy atom. The molecule has 3 aliphatic rings. The number of carbonyl (C=O) groups excluding carboxylic acids is 1. The number of nitrogens with zero attached hydrogens (tertiary/aromatic N) is 1. The first-order valence-corrected chi connectivity index (χ1v) is 11.0. The van der Waals surface area contributed by atoms with Crippen LogP contribution in [0.15, 0.2) is 36.5 Å². The minimum absolute atomic E-state index is 0. The molecule has 1 aromatic heterocycles. The second-order valence-electron chi connectivity index (χ2n) is 9.26. The van der Waals surface area contributed by atoms with Crippen molar-refractivity contribution in [1.29, 1.82) is 0 Å². The number of carbonyl (C=O) groups is 1. The SMILES string of the molecule is O=C1C2(CCCCC2)c2cnc3c(ccc4ccc[c-]c43)c2C12CCCCC2.[Ir]. The molecule has 0 atom stereocenters. The fraction of sp³-hybridized carbons (Fsp3) is 0.462. The van der Waals surface area contributed by atoms with Crippen LogP contribution in [0.3, 0.4) is 0 Å². The van der Waals surface area contributed by atoms with Gasteiger partial charge in [0.25, 0.3) is 0 Å². The van der Waals surface area contributed by atoms with Crippen LogP contribution >= 0.6 is 0 Å². The van der Waals surface area contributed by atoms with Crippen LogP contribution in [0.1, 0.15) is 75.3 Å². The number of Topliss-reactive ketones (excluding diaryl/α,β-unsaturated/α-hetero) is 1. The van der Waals surface area contributed by atoms with Gasteiger partial charge in [0, 0.05) is 26.3 Å². The smallest absolute Gasteiger partial charge is 0.153 e. The van der Waals surface area contributed by atoms with Crippen LogP contribution in [0, 0.1) is 6.07 Å². The molecule has 1 heterocycles. The molecule has 2 nitrogen and oxygen atoms in total. The molecule has 3 heteroatoms. The predicted octanol–water partition coefficient (Wildman–Crippen LogP) is 6.17. The molecule has 151 valence electrons. The van der Waals surface area contributed by atoms with Gasteiger partial charge in [-0.25, -0.2) is 0 Å². The largest absolute Gasteiger partial charge is 0.304 e. The molecule has 1 radical (unpaired) electrons. The molecule has 2 fully saturated rings. The van der Waals surface area contributed by atoms with Crippen molar-refractivity contribution in [3.8, 4) is 0 Å². The fourth-order valence-corrected chi connectivity index (χ4v) is 6.71. The number of aromatic nitrogens is 1. The van der Waals surface area contributed by atoms with Crippen molar-refractivity contribution in [2.45, 2.75) is 75.0 Å². The molecule has 2 spiro atoms. The Hall–Kier alpha value is -1.57. The number of rotatable bonds is 0. The van der Waals surface area contributed by atoms with E-state index in [4.69, 9.17) is 4.98 Å². The van der Waals surface area contributed by atoms with E-state index >= 15 is 0 Å². The van der Waals surface area contributed by atoms with Crippen molar-refractivity contribution in [2.24, 2.45) is 0 Å². The Morgan fingerprint density at radius 2 is 1.55 bits per heavy atom. The van der Waals surface area contributed by atoms with E-state index < -0.39 is 0 Å². The van der Waals surface area contributed by atoms with Crippen molar-refractivity contribution in [3.05, 3.63) is 53.7 Å². The summed E-state index contributed by atoms with van der Waals surface area (Å²) in [5.41, 5.74) is 3.13. The molecule has 0 bridgehead atoms. The third-order valence-corrected chi connectivity index (χ3v) is 7.95. The van der Waals surface area contributed by atoms with E-state index in [9.17, 15) is 4.79 Å². The predicted molar refractivity (Wildman–Crippen MR) is 113 cm³/mol. The van der Waals surface area contributed by atoms with Gasteiger partial charge in [0.1, 0.15) is 0 Å². The quantitative estimate of drug-likeness (QED) is 0.243. The van der Waals surface area contributed by atoms with E-state index in [0.29, 0.717) is 5.78 Å². The average molecular weight is 561 g/mol. The van der Waals surface area contributed by atoms with Gasteiger partial charge in [-0.15, -0.1) is 35.0 Å². The fourth-order valence-electron chi connectivity index (χ4n) is 6.71. The zero-order chi connectivity index (χ0) is 18.8. The van der Waals surface area contributed by atoms with Crippen LogP contribution in [0.5, 0.6) is 0 Å². The van der Waals surface area contributed by atoms with Gasteiger partial charge in [-0.05, 0) is 47.7 Å². The van der Waals surface area contributed by atoms with Gasteiger partial charge in [-0.3, -0.25) is 4.79 Å². The minimum atomic E-state index is -0.269. The van der Waals surface area contributed by atoms with E-state index in [1.807, 2.05) is 12.1 Å². The molecule has 2 saturated carbocycles. The summed E-state index contributed by atoms with van der Waals surface area (Å²) in [6, 6.07) is 14.0. The number of benzene rings is 2. The summed E-state index contributed by atoms with van der Waals surface area (Å²) < 4.78 is 0. The molecular weight excluding hydrogens is 535 g/mol. The van der Waals surface area contributed by atoms with Gasteiger partial charge in [0.05, 0.1) is 10.8 Å². The summed E-state index contributed by atoms with van der Waals surface area (Å²) in [6.07, 6.45) is 13.4. The Balaban J connectivity index is 0.00000181. The van der Waals surface area contributed by atoms with Crippen LogP contribution in [0.2, 0.25) is 0 Å². The van der Waals surface area contributed by atoms with Crippen molar-refractivity contribution in [2.75, 3.05) is 0 Å². The van der Waals surface area contributed by atoms with Crippen molar-refractivity contribution in [3.63, 3.8) is 0 Å². The van der Waals surface area contributed by atoms with Gasteiger partial charge in [0.15, 0.2) is 5.78 Å². The monoisotopic (exact) mass is 561 g/mol. The van der Waals surface area contributed by atoms with E-state index in [0.717, 1.165) is 36.6 Å². The van der Waals surface area contributed by atoms with Crippen molar-refractivity contribution in [1.82, 2.24) is 4.98 Å². The zero-order valence-corrected chi connectivity index (χ0v) is 19.1. The Kier molecular flexibility index (Phi) is 4.68. The summed E-state index contributed by atoms with van der Waals surface area (Å²) in [4.78, 5) is 19.1. The topological polar surface area (TPSA) is 30.0 Å². The van der Waals surface area contributed by atoms with E-state index in [-0.39, 0.29) is 30.9 Å². The molecule has 3 aliphatic carbocycles. The van der Waals surface area contributed by atoms with Gasteiger partial charge in [-0.1, -0.05) is 50.7 Å². The van der Waals surface area contributed by atoms with Crippen LogP contribution < -0.4 is 0 Å². The number of ketones is 1. The summed E-state index contributed by atoms with van der Waals surface area (Å²) >= 11 is 0. The average Bonchev–Trinajstić information content (AvgIpc) is 2.95. The van der Waals surface area contributed by atoms with E-state index in [2.05, 4.69) is 30.5 Å². The van der Waals surface area contributed by atoms with Crippen LogP contribution in [0.4, 0.5) is 0 Å². The molecule has 0 saturated heterocycles. The van der Waals surface area contributed by atoms with E-state index in [1.165, 1.54) is 60.4 Å².